The van der Waals surface area contributed by atoms with E-state index in [-0.39, 0.29) is 29.6 Å². The van der Waals surface area contributed by atoms with E-state index in [1.165, 1.54) is 12.3 Å². The number of carboxylic acids is 1. The van der Waals surface area contributed by atoms with Gasteiger partial charge in [-0.3, -0.25) is 9.78 Å². The van der Waals surface area contributed by atoms with Crippen LogP contribution in [-0.2, 0) is 16.0 Å². The highest BCUT2D eigenvalue weighted by atomic mass is 35.5. The topological polar surface area (TPSA) is 91.8 Å². The van der Waals surface area contributed by atoms with E-state index in [0.717, 1.165) is 17.0 Å². The monoisotopic (exact) mass is 671 g/mol. The predicted octanol–water partition coefficient (Wildman–Crippen LogP) is 6.82. The lowest BCUT2D eigenvalue weighted by atomic mass is 9.95. The minimum atomic E-state index is -4.76. The average molecular weight is 672 g/mol. The fraction of sp³-hybridized carbons (Fsp3) is 0.233. The van der Waals surface area contributed by atoms with Crippen molar-refractivity contribution in [3.63, 3.8) is 0 Å². The van der Waals surface area contributed by atoms with Gasteiger partial charge in [-0.15, -0.1) is 0 Å². The number of carboxylic acid groups (broad SMARTS) is 1. The molecule has 2 heterocycles. The zero-order chi connectivity index (χ0) is 32.6. The van der Waals surface area contributed by atoms with Crippen LogP contribution in [0.2, 0.25) is 10.0 Å². The molecule has 2 atom stereocenters. The number of anilines is 1. The van der Waals surface area contributed by atoms with Crippen molar-refractivity contribution >= 4 is 51.7 Å². The van der Waals surface area contributed by atoms with Crippen molar-refractivity contribution in [2.75, 3.05) is 24.7 Å². The molecule has 0 spiro atoms. The molecule has 1 amide bonds. The van der Waals surface area contributed by atoms with Gasteiger partial charge in [0.2, 0.25) is 0 Å². The molecule has 0 radical (unpaired) electrons. The van der Waals surface area contributed by atoms with Crippen LogP contribution in [0.15, 0.2) is 54.7 Å². The second-order valence-corrected chi connectivity index (χ2v) is 10.9. The van der Waals surface area contributed by atoms with Crippen LogP contribution in [0.5, 0.6) is 0 Å². The largest absolute Gasteiger partial charge is 0.480 e. The summed E-state index contributed by atoms with van der Waals surface area (Å²) in [5.74, 6) is -6.59. The highest BCUT2D eigenvalue weighted by Crippen LogP contribution is 2.40. The Morgan fingerprint density at radius 3 is 2.36 bits per heavy atom. The predicted molar refractivity (Wildman–Crippen MR) is 154 cm³/mol. The molecule has 1 fully saturated rings. The fourth-order valence-corrected chi connectivity index (χ4v) is 5.85. The van der Waals surface area contributed by atoms with Crippen LogP contribution >= 0.6 is 23.2 Å². The quantitative estimate of drug-likeness (QED) is 0.210. The Kier molecular flexibility index (Phi) is 9.15. The van der Waals surface area contributed by atoms with Crippen molar-refractivity contribution < 1.29 is 45.8 Å². The lowest BCUT2D eigenvalue weighted by Crippen LogP contribution is -2.53. The molecule has 2 N–H and O–H groups in total. The van der Waals surface area contributed by atoms with Crippen molar-refractivity contribution in [3.8, 4) is 11.1 Å². The van der Waals surface area contributed by atoms with Crippen LogP contribution in [-0.4, -0.2) is 60.0 Å². The number of rotatable bonds is 7. The Bertz CT molecular complexity index is 1760. The van der Waals surface area contributed by atoms with Crippen LogP contribution in [0, 0.1) is 17.5 Å². The van der Waals surface area contributed by atoms with E-state index in [4.69, 9.17) is 27.9 Å². The normalized spacial score (nSPS) is 16.1. The molecular weight excluding hydrogens is 651 g/mol. The van der Waals surface area contributed by atoms with Gasteiger partial charge >= 0.3 is 12.1 Å². The van der Waals surface area contributed by atoms with Crippen LogP contribution in [0.1, 0.15) is 15.9 Å². The molecule has 0 bridgehead atoms. The number of aromatic nitrogens is 1. The number of benzene rings is 3. The zero-order valence-electron chi connectivity index (χ0n) is 22.8. The van der Waals surface area contributed by atoms with Crippen molar-refractivity contribution in [2.45, 2.75) is 24.7 Å². The Balaban J connectivity index is 1.43. The number of aliphatic carboxylic acids is 1. The number of carbonyl (C=O) groups excluding carboxylic acids is 1. The van der Waals surface area contributed by atoms with E-state index >= 15 is 8.78 Å². The standard InChI is InChI=1S/C30H21Cl2F6N3O4/c31-19-9-15(33)10-20(32)25(19)17-4-3-14(27-18(17)2-1-5-39-27)8-23(29(43)44)40-28(42)26-21(34)11-16(12-22(26)35)41-6-7-45-13-24(41)30(36,37)38/h1-5,9-12,23-24H,6-8,13H2,(H,40,42)(H,43,44)/t23-,24?/m0/s1. The lowest BCUT2D eigenvalue weighted by molar-refractivity contribution is -0.167. The van der Waals surface area contributed by atoms with Gasteiger partial charge in [0, 0.05) is 35.8 Å². The summed E-state index contributed by atoms with van der Waals surface area (Å²) < 4.78 is 89.3. The maximum absolute atomic E-state index is 15.1. The SMILES string of the molecule is O=C(N[C@@H](Cc1ccc(-c2c(Cl)cc(F)cc2Cl)c2cccnc12)C(=O)O)c1c(F)cc(N2CCOCC2C(F)(F)F)cc1F. The van der Waals surface area contributed by atoms with Gasteiger partial charge in [-0.2, -0.15) is 13.2 Å². The number of hydrogen-bond donors (Lipinski definition) is 2. The van der Waals surface area contributed by atoms with E-state index in [2.05, 4.69) is 10.3 Å². The summed E-state index contributed by atoms with van der Waals surface area (Å²) >= 11 is 12.5. The molecule has 0 saturated carbocycles. The van der Waals surface area contributed by atoms with Gasteiger partial charge in [0.15, 0.2) is 0 Å². The van der Waals surface area contributed by atoms with E-state index in [9.17, 15) is 32.3 Å². The lowest BCUT2D eigenvalue weighted by Gasteiger charge is -2.38. The maximum atomic E-state index is 15.1. The van der Waals surface area contributed by atoms with E-state index in [0.29, 0.717) is 39.7 Å². The number of nitrogens with zero attached hydrogens (tertiary/aromatic N) is 2. The maximum Gasteiger partial charge on any atom is 0.411 e. The molecule has 4 aromatic rings. The van der Waals surface area contributed by atoms with Gasteiger partial charge in [-0.05, 0) is 41.5 Å². The minimum Gasteiger partial charge on any atom is -0.480 e. The number of nitrogens with one attached hydrogen (secondary N) is 1. The third-order valence-corrected chi connectivity index (χ3v) is 7.84. The van der Waals surface area contributed by atoms with E-state index in [1.807, 2.05) is 0 Å². The van der Waals surface area contributed by atoms with Crippen LogP contribution in [0.4, 0.5) is 32.0 Å². The molecular formula is C30H21Cl2F6N3O4. The molecule has 7 nitrogen and oxygen atoms in total. The third-order valence-electron chi connectivity index (χ3n) is 7.25. The summed E-state index contributed by atoms with van der Waals surface area (Å²) in [6, 6.07) is 5.76. The molecule has 1 unspecified atom stereocenters. The van der Waals surface area contributed by atoms with Crippen molar-refractivity contribution in [1.82, 2.24) is 10.3 Å². The van der Waals surface area contributed by atoms with Gasteiger partial charge in [0.25, 0.3) is 5.91 Å². The first-order chi connectivity index (χ1) is 21.3. The van der Waals surface area contributed by atoms with Crippen molar-refractivity contribution in [2.24, 2.45) is 0 Å². The second-order valence-electron chi connectivity index (χ2n) is 10.1. The molecule has 1 aliphatic rings. The number of pyridine rings is 1. The second kappa shape index (κ2) is 12.7. The van der Waals surface area contributed by atoms with Gasteiger partial charge in [0.05, 0.1) is 28.8 Å². The first-order valence-electron chi connectivity index (χ1n) is 13.2. The number of halogens is 8. The molecule has 1 saturated heterocycles. The van der Waals surface area contributed by atoms with Gasteiger partial charge in [0.1, 0.15) is 35.1 Å². The molecule has 5 rings (SSSR count). The van der Waals surface area contributed by atoms with E-state index < -0.39 is 65.4 Å². The van der Waals surface area contributed by atoms with Crippen molar-refractivity contribution in [1.29, 1.82) is 0 Å². The summed E-state index contributed by atoms with van der Waals surface area (Å²) in [5, 5.41) is 12.5. The van der Waals surface area contributed by atoms with Gasteiger partial charge < -0.3 is 20.1 Å². The number of carbonyl (C=O) groups is 2. The molecule has 1 aromatic heterocycles. The summed E-state index contributed by atoms with van der Waals surface area (Å²) in [6.45, 7) is -1.17. The molecule has 45 heavy (non-hydrogen) atoms. The molecule has 15 heteroatoms. The number of amides is 1. The highest BCUT2D eigenvalue weighted by molar-refractivity contribution is 6.39. The van der Waals surface area contributed by atoms with Crippen LogP contribution in [0.25, 0.3) is 22.0 Å². The van der Waals surface area contributed by atoms with Crippen LogP contribution in [0.3, 0.4) is 0 Å². The van der Waals surface area contributed by atoms with Crippen LogP contribution < -0.4 is 10.2 Å². The average Bonchev–Trinajstić information content (AvgIpc) is 2.96. The molecule has 3 aromatic carbocycles. The first kappa shape index (κ1) is 32.3. The number of morpholine rings is 1. The zero-order valence-corrected chi connectivity index (χ0v) is 24.3. The smallest absolute Gasteiger partial charge is 0.411 e. The summed E-state index contributed by atoms with van der Waals surface area (Å²) in [6.07, 6.45) is -3.71. The highest BCUT2D eigenvalue weighted by Gasteiger charge is 2.46. The third kappa shape index (κ3) is 6.65. The molecule has 1 aliphatic heterocycles. The number of fused-ring (bicyclic) bond motifs is 1. The Labute approximate surface area is 261 Å². The summed E-state index contributed by atoms with van der Waals surface area (Å²) in [5.41, 5.74) is -0.247. The number of alkyl halides is 3. The Morgan fingerprint density at radius 2 is 1.73 bits per heavy atom. The van der Waals surface area contributed by atoms with Crippen molar-refractivity contribution in [3.05, 3.63) is 93.4 Å². The molecule has 0 aliphatic carbocycles. The first-order valence-corrected chi connectivity index (χ1v) is 14.0. The molecule has 236 valence electrons. The van der Waals surface area contributed by atoms with Gasteiger partial charge in [-0.25, -0.2) is 18.0 Å². The Hall–Kier alpha value is -4.07. The van der Waals surface area contributed by atoms with Gasteiger partial charge in [-0.1, -0.05) is 41.4 Å². The summed E-state index contributed by atoms with van der Waals surface area (Å²) in [7, 11) is 0. The van der Waals surface area contributed by atoms with E-state index in [1.54, 1.807) is 18.2 Å². The Morgan fingerprint density at radius 1 is 1.07 bits per heavy atom. The number of hydrogen-bond acceptors (Lipinski definition) is 5. The minimum absolute atomic E-state index is 0.0196. The summed E-state index contributed by atoms with van der Waals surface area (Å²) in [4.78, 5) is 30.2. The fourth-order valence-electron chi connectivity index (χ4n) is 5.19. The number of ether oxygens (including phenoxy) is 1.